The number of sulfonamides is 1. The minimum Gasteiger partial charge on any atom is -0.368 e. The Morgan fingerprint density at radius 1 is 0.969 bits per heavy atom. The highest BCUT2D eigenvalue weighted by Gasteiger charge is 2.23. The molecule has 1 aliphatic heterocycles. The molecule has 1 fully saturated rings. The Kier molecular flexibility index (Phi) is 6.29. The second kappa shape index (κ2) is 9.13. The SMILES string of the molecule is O=C(NS(=O)(=O)c1ccc(N2CCN(c3ccccc3)CC2)nc1)c1ccc(F)cc1Cl. The zero-order chi connectivity index (χ0) is 22.7. The number of piperazine rings is 1. The summed E-state index contributed by atoms with van der Waals surface area (Å²) in [6.07, 6.45) is 1.21. The number of pyridine rings is 1. The number of nitrogens with one attached hydrogen (secondary N) is 1. The summed E-state index contributed by atoms with van der Waals surface area (Å²) < 4.78 is 40.2. The number of nitrogens with zero attached hydrogens (tertiary/aromatic N) is 3. The third-order valence-electron chi connectivity index (χ3n) is 5.16. The minimum absolute atomic E-state index is 0.141. The number of halogens is 2. The predicted molar refractivity (Wildman–Crippen MR) is 121 cm³/mol. The number of carbonyl (C=O) groups excluding carboxylic acids is 1. The number of amides is 1. The maximum Gasteiger partial charge on any atom is 0.266 e. The molecule has 3 aromatic rings. The first-order valence-corrected chi connectivity index (χ1v) is 11.7. The maximum absolute atomic E-state index is 13.2. The second-order valence-electron chi connectivity index (χ2n) is 7.22. The fourth-order valence-electron chi connectivity index (χ4n) is 3.46. The van der Waals surface area contributed by atoms with Crippen LogP contribution in [-0.4, -0.2) is 45.5 Å². The van der Waals surface area contributed by atoms with Gasteiger partial charge in [0.05, 0.1) is 10.6 Å². The van der Waals surface area contributed by atoms with Gasteiger partial charge >= 0.3 is 0 Å². The molecule has 1 amide bonds. The zero-order valence-corrected chi connectivity index (χ0v) is 18.5. The molecule has 0 bridgehead atoms. The van der Waals surface area contributed by atoms with Gasteiger partial charge in [-0.05, 0) is 42.5 Å². The Hall–Kier alpha value is -3.17. The third kappa shape index (κ3) is 4.84. The zero-order valence-electron chi connectivity index (χ0n) is 16.9. The normalized spacial score (nSPS) is 14.3. The van der Waals surface area contributed by atoms with E-state index in [4.69, 9.17) is 11.6 Å². The summed E-state index contributed by atoms with van der Waals surface area (Å²) in [5.41, 5.74) is 1.02. The van der Waals surface area contributed by atoms with Gasteiger partial charge in [0.25, 0.3) is 15.9 Å². The summed E-state index contributed by atoms with van der Waals surface area (Å²) in [4.78, 5) is 20.8. The van der Waals surface area contributed by atoms with E-state index in [-0.39, 0.29) is 15.5 Å². The van der Waals surface area contributed by atoms with Crippen molar-refractivity contribution in [2.24, 2.45) is 0 Å². The van der Waals surface area contributed by atoms with Crippen molar-refractivity contribution < 1.29 is 17.6 Å². The van der Waals surface area contributed by atoms with Gasteiger partial charge in [0.1, 0.15) is 16.5 Å². The monoisotopic (exact) mass is 474 g/mol. The Morgan fingerprint density at radius 3 is 2.28 bits per heavy atom. The quantitative estimate of drug-likeness (QED) is 0.611. The average molecular weight is 475 g/mol. The van der Waals surface area contributed by atoms with Gasteiger partial charge in [-0.25, -0.2) is 22.5 Å². The second-order valence-corrected chi connectivity index (χ2v) is 9.31. The van der Waals surface area contributed by atoms with Crippen molar-refractivity contribution in [1.82, 2.24) is 9.71 Å². The summed E-state index contributed by atoms with van der Waals surface area (Å²) in [6, 6.07) is 16.2. The van der Waals surface area contributed by atoms with Crippen molar-refractivity contribution in [1.29, 1.82) is 0 Å². The Bertz CT molecular complexity index is 1220. The van der Waals surface area contributed by atoms with Gasteiger partial charge in [-0.15, -0.1) is 0 Å². The van der Waals surface area contributed by atoms with Crippen molar-refractivity contribution in [3.05, 3.63) is 83.3 Å². The maximum atomic E-state index is 13.2. The topological polar surface area (TPSA) is 82.6 Å². The molecule has 0 atom stereocenters. The molecule has 0 saturated carbocycles. The van der Waals surface area contributed by atoms with Crippen LogP contribution in [0.1, 0.15) is 10.4 Å². The molecule has 10 heteroatoms. The van der Waals surface area contributed by atoms with Gasteiger partial charge in [0, 0.05) is 38.1 Å². The van der Waals surface area contributed by atoms with Crippen molar-refractivity contribution in [2.75, 3.05) is 36.0 Å². The van der Waals surface area contributed by atoms with Crippen molar-refractivity contribution in [3.63, 3.8) is 0 Å². The minimum atomic E-state index is -4.17. The van der Waals surface area contributed by atoms with Crippen LogP contribution in [0.4, 0.5) is 15.9 Å². The summed E-state index contributed by atoms with van der Waals surface area (Å²) in [6.45, 7) is 3.13. The molecule has 2 aromatic carbocycles. The molecule has 32 heavy (non-hydrogen) atoms. The molecule has 1 saturated heterocycles. The Morgan fingerprint density at radius 2 is 1.66 bits per heavy atom. The lowest BCUT2D eigenvalue weighted by molar-refractivity contribution is 0.0981. The molecule has 0 aliphatic carbocycles. The number of hydrogen-bond acceptors (Lipinski definition) is 6. The lowest BCUT2D eigenvalue weighted by atomic mass is 10.2. The molecular weight excluding hydrogens is 455 g/mol. The number of hydrogen-bond donors (Lipinski definition) is 1. The fourth-order valence-corrected chi connectivity index (χ4v) is 4.62. The van der Waals surface area contributed by atoms with Crippen LogP contribution in [0.2, 0.25) is 5.02 Å². The molecule has 1 aromatic heterocycles. The molecule has 0 unspecified atom stereocenters. The van der Waals surface area contributed by atoms with Crippen LogP contribution in [0.5, 0.6) is 0 Å². The van der Waals surface area contributed by atoms with E-state index in [1.165, 1.54) is 18.0 Å². The van der Waals surface area contributed by atoms with Gasteiger partial charge in [-0.3, -0.25) is 4.79 Å². The molecule has 0 spiro atoms. The fraction of sp³-hybridized carbons (Fsp3) is 0.182. The van der Waals surface area contributed by atoms with Crippen LogP contribution in [0, 0.1) is 5.82 Å². The number of para-hydroxylation sites is 1. The van der Waals surface area contributed by atoms with E-state index >= 15 is 0 Å². The van der Waals surface area contributed by atoms with E-state index in [9.17, 15) is 17.6 Å². The molecule has 4 rings (SSSR count). The molecule has 7 nitrogen and oxygen atoms in total. The first-order valence-electron chi connectivity index (χ1n) is 9.87. The first kappa shape index (κ1) is 22.0. The summed E-state index contributed by atoms with van der Waals surface area (Å²) in [5.74, 6) is -0.917. The third-order valence-corrected chi connectivity index (χ3v) is 6.79. The summed E-state index contributed by atoms with van der Waals surface area (Å²) in [5, 5.41) is -0.180. The van der Waals surface area contributed by atoms with Gasteiger partial charge < -0.3 is 9.80 Å². The van der Waals surface area contributed by atoms with E-state index in [1.54, 1.807) is 6.07 Å². The number of carbonyl (C=O) groups is 1. The van der Waals surface area contributed by atoms with Gasteiger partial charge in [-0.1, -0.05) is 29.8 Å². The number of benzene rings is 2. The highest BCUT2D eigenvalue weighted by Crippen LogP contribution is 2.21. The smallest absolute Gasteiger partial charge is 0.266 e. The van der Waals surface area contributed by atoms with Crippen LogP contribution in [0.25, 0.3) is 0 Å². The predicted octanol–water partition coefficient (Wildman–Crippen LogP) is 3.32. The van der Waals surface area contributed by atoms with Crippen LogP contribution < -0.4 is 14.5 Å². The number of anilines is 2. The van der Waals surface area contributed by atoms with Crippen molar-refractivity contribution in [2.45, 2.75) is 4.90 Å². The van der Waals surface area contributed by atoms with E-state index in [0.717, 1.165) is 44.4 Å². The summed E-state index contributed by atoms with van der Waals surface area (Å²) >= 11 is 5.84. The Labute approximate surface area is 190 Å². The van der Waals surface area contributed by atoms with Crippen molar-refractivity contribution >= 4 is 39.0 Å². The molecule has 1 aliphatic rings. The van der Waals surface area contributed by atoms with Gasteiger partial charge in [0.15, 0.2) is 0 Å². The van der Waals surface area contributed by atoms with E-state index in [0.29, 0.717) is 5.82 Å². The molecular formula is C22H20ClFN4O3S. The summed E-state index contributed by atoms with van der Waals surface area (Å²) in [7, 11) is -4.17. The van der Waals surface area contributed by atoms with Crippen LogP contribution >= 0.6 is 11.6 Å². The lowest BCUT2D eigenvalue weighted by Crippen LogP contribution is -2.46. The average Bonchev–Trinajstić information content (AvgIpc) is 2.79. The first-order chi connectivity index (χ1) is 15.3. The van der Waals surface area contributed by atoms with Crippen LogP contribution in [0.3, 0.4) is 0 Å². The highest BCUT2D eigenvalue weighted by molar-refractivity contribution is 7.90. The van der Waals surface area contributed by atoms with E-state index in [1.807, 2.05) is 22.9 Å². The lowest BCUT2D eigenvalue weighted by Gasteiger charge is -2.36. The van der Waals surface area contributed by atoms with E-state index < -0.39 is 21.7 Å². The largest absolute Gasteiger partial charge is 0.368 e. The molecule has 166 valence electrons. The standard InChI is InChI=1S/C22H20ClFN4O3S/c23-20-14-16(24)6-8-19(20)22(29)26-32(30,31)18-7-9-21(25-15-18)28-12-10-27(11-13-28)17-4-2-1-3-5-17/h1-9,14-15H,10-13H2,(H,26,29). The molecule has 2 heterocycles. The van der Waals surface area contributed by atoms with Crippen LogP contribution in [0.15, 0.2) is 71.8 Å². The molecule has 0 radical (unpaired) electrons. The van der Waals surface area contributed by atoms with Gasteiger partial charge in [0.2, 0.25) is 0 Å². The van der Waals surface area contributed by atoms with Crippen molar-refractivity contribution in [3.8, 4) is 0 Å². The van der Waals surface area contributed by atoms with Gasteiger partial charge in [-0.2, -0.15) is 0 Å². The van der Waals surface area contributed by atoms with E-state index in [2.05, 4.69) is 26.9 Å². The number of rotatable bonds is 5. The Balaban J connectivity index is 1.41. The highest BCUT2D eigenvalue weighted by atomic mass is 35.5. The number of aromatic nitrogens is 1. The van der Waals surface area contributed by atoms with Crippen LogP contribution in [-0.2, 0) is 10.0 Å². The molecule has 1 N–H and O–H groups in total.